The average Bonchev–Trinajstić information content (AvgIpc) is 2.27. The third-order valence-electron chi connectivity index (χ3n) is 3.71. The van der Waals surface area contributed by atoms with E-state index in [1.165, 1.54) is 6.07 Å². The van der Waals surface area contributed by atoms with Gasteiger partial charge < -0.3 is 5.32 Å². The van der Waals surface area contributed by atoms with Crippen molar-refractivity contribution in [1.29, 1.82) is 0 Å². The van der Waals surface area contributed by atoms with Crippen LogP contribution in [0.1, 0.15) is 35.6 Å². The zero-order valence-corrected chi connectivity index (χ0v) is 10.9. The Bertz CT molecular complexity index is 436. The molecule has 5 heteroatoms. The van der Waals surface area contributed by atoms with Crippen molar-refractivity contribution in [3.8, 4) is 0 Å². The molecule has 0 saturated carbocycles. The zero-order chi connectivity index (χ0) is 14.2. The molecule has 1 aliphatic heterocycles. The standard InChI is InChI=1S/C14H17F4N/c1-8-5-9(2)13(11(15)6-8)12-4-3-10(7-19-12)14(16,17)18/h5-6,10,12,19H,3-4,7H2,1-2H3. The van der Waals surface area contributed by atoms with Crippen molar-refractivity contribution in [2.24, 2.45) is 5.92 Å². The summed E-state index contributed by atoms with van der Waals surface area (Å²) in [5, 5.41) is 2.83. The smallest absolute Gasteiger partial charge is 0.309 e. The van der Waals surface area contributed by atoms with Crippen LogP contribution in [0.5, 0.6) is 0 Å². The summed E-state index contributed by atoms with van der Waals surface area (Å²) in [5.74, 6) is -1.65. The van der Waals surface area contributed by atoms with Crippen LogP contribution in [-0.4, -0.2) is 12.7 Å². The summed E-state index contributed by atoms with van der Waals surface area (Å²) in [6, 6.07) is 2.97. The summed E-state index contributed by atoms with van der Waals surface area (Å²) in [4.78, 5) is 0. The minimum absolute atomic E-state index is 0.0495. The number of nitrogens with one attached hydrogen (secondary N) is 1. The van der Waals surface area contributed by atoms with E-state index >= 15 is 0 Å². The third-order valence-corrected chi connectivity index (χ3v) is 3.71. The molecule has 1 aliphatic rings. The molecule has 0 spiro atoms. The lowest BCUT2D eigenvalue weighted by atomic mass is 9.88. The van der Waals surface area contributed by atoms with Crippen LogP contribution < -0.4 is 5.32 Å². The fraction of sp³-hybridized carbons (Fsp3) is 0.571. The number of halogens is 4. The Morgan fingerprint density at radius 2 is 1.84 bits per heavy atom. The number of hydrogen-bond acceptors (Lipinski definition) is 1. The van der Waals surface area contributed by atoms with E-state index in [1.54, 1.807) is 13.8 Å². The molecular formula is C14H17F4N. The molecule has 1 nitrogen and oxygen atoms in total. The van der Waals surface area contributed by atoms with Crippen LogP contribution in [0.25, 0.3) is 0 Å². The van der Waals surface area contributed by atoms with E-state index in [0.29, 0.717) is 12.0 Å². The first-order chi connectivity index (χ1) is 8.79. The van der Waals surface area contributed by atoms with E-state index in [4.69, 9.17) is 0 Å². The minimum atomic E-state index is -4.17. The molecule has 1 aromatic carbocycles. The number of benzene rings is 1. The fourth-order valence-electron chi connectivity index (χ4n) is 2.75. The van der Waals surface area contributed by atoms with Gasteiger partial charge in [0.05, 0.1) is 5.92 Å². The highest BCUT2D eigenvalue weighted by Gasteiger charge is 2.42. The van der Waals surface area contributed by atoms with E-state index in [2.05, 4.69) is 5.32 Å². The molecule has 1 heterocycles. The predicted molar refractivity (Wildman–Crippen MR) is 65.4 cm³/mol. The first-order valence-corrected chi connectivity index (χ1v) is 6.35. The van der Waals surface area contributed by atoms with Gasteiger partial charge in [-0.1, -0.05) is 6.07 Å². The van der Waals surface area contributed by atoms with Gasteiger partial charge in [-0.05, 0) is 43.9 Å². The largest absolute Gasteiger partial charge is 0.393 e. The van der Waals surface area contributed by atoms with Gasteiger partial charge in [0.15, 0.2) is 0 Å². The van der Waals surface area contributed by atoms with Crippen LogP contribution in [0.3, 0.4) is 0 Å². The summed E-state index contributed by atoms with van der Waals surface area (Å²) in [5.41, 5.74) is 2.12. The summed E-state index contributed by atoms with van der Waals surface area (Å²) in [6.45, 7) is 3.46. The molecule has 19 heavy (non-hydrogen) atoms. The Labute approximate surface area is 110 Å². The van der Waals surface area contributed by atoms with Crippen molar-refractivity contribution in [2.75, 3.05) is 6.54 Å². The number of piperidine rings is 1. The highest BCUT2D eigenvalue weighted by Crippen LogP contribution is 2.37. The van der Waals surface area contributed by atoms with Crippen LogP contribution >= 0.6 is 0 Å². The molecule has 106 valence electrons. The van der Waals surface area contributed by atoms with E-state index < -0.39 is 12.1 Å². The summed E-state index contributed by atoms with van der Waals surface area (Å²) < 4.78 is 51.7. The Hall–Kier alpha value is -1.10. The second-order valence-electron chi connectivity index (χ2n) is 5.25. The molecule has 2 unspecified atom stereocenters. The maximum Gasteiger partial charge on any atom is 0.393 e. The van der Waals surface area contributed by atoms with Crippen LogP contribution in [0.15, 0.2) is 12.1 Å². The first-order valence-electron chi connectivity index (χ1n) is 6.35. The fourth-order valence-corrected chi connectivity index (χ4v) is 2.75. The lowest BCUT2D eigenvalue weighted by Gasteiger charge is -2.32. The van der Waals surface area contributed by atoms with Crippen LogP contribution in [-0.2, 0) is 0 Å². The monoisotopic (exact) mass is 275 g/mol. The van der Waals surface area contributed by atoms with Crippen LogP contribution in [0.2, 0.25) is 0 Å². The zero-order valence-electron chi connectivity index (χ0n) is 10.9. The van der Waals surface area contributed by atoms with Crippen molar-refractivity contribution in [2.45, 2.75) is 38.9 Å². The van der Waals surface area contributed by atoms with Gasteiger partial charge in [0.1, 0.15) is 5.82 Å². The molecule has 0 bridgehead atoms. The van der Waals surface area contributed by atoms with E-state index in [0.717, 1.165) is 11.1 Å². The highest BCUT2D eigenvalue weighted by atomic mass is 19.4. The van der Waals surface area contributed by atoms with Gasteiger partial charge in [0.2, 0.25) is 0 Å². The minimum Gasteiger partial charge on any atom is -0.309 e. The predicted octanol–water partition coefficient (Wildman–Crippen LogP) is 4.05. The van der Waals surface area contributed by atoms with Gasteiger partial charge >= 0.3 is 6.18 Å². The summed E-state index contributed by atoms with van der Waals surface area (Å²) in [7, 11) is 0. The van der Waals surface area contributed by atoms with Crippen molar-refractivity contribution < 1.29 is 17.6 Å². The lowest BCUT2D eigenvalue weighted by Crippen LogP contribution is -2.40. The number of hydrogen-bond donors (Lipinski definition) is 1. The Kier molecular flexibility index (Phi) is 3.85. The summed E-state index contributed by atoms with van der Waals surface area (Å²) in [6.07, 6.45) is -3.81. The van der Waals surface area contributed by atoms with E-state index in [9.17, 15) is 17.6 Å². The van der Waals surface area contributed by atoms with Gasteiger partial charge in [-0.3, -0.25) is 0 Å². The molecule has 1 fully saturated rings. The van der Waals surface area contributed by atoms with Crippen molar-refractivity contribution in [1.82, 2.24) is 5.32 Å². The highest BCUT2D eigenvalue weighted by molar-refractivity contribution is 5.34. The average molecular weight is 275 g/mol. The van der Waals surface area contributed by atoms with Gasteiger partial charge in [-0.15, -0.1) is 0 Å². The van der Waals surface area contributed by atoms with Gasteiger partial charge in [-0.25, -0.2) is 4.39 Å². The number of aryl methyl sites for hydroxylation is 2. The molecule has 2 atom stereocenters. The quantitative estimate of drug-likeness (QED) is 0.763. The summed E-state index contributed by atoms with van der Waals surface area (Å²) >= 11 is 0. The van der Waals surface area contributed by atoms with E-state index in [-0.39, 0.29) is 24.8 Å². The molecule has 2 rings (SSSR count). The molecule has 0 aliphatic carbocycles. The normalized spacial score (nSPS) is 24.5. The molecule has 1 aromatic rings. The second-order valence-corrected chi connectivity index (χ2v) is 5.25. The van der Waals surface area contributed by atoms with E-state index in [1.807, 2.05) is 6.07 Å². The van der Waals surface area contributed by atoms with Gasteiger partial charge in [-0.2, -0.15) is 13.2 Å². The maximum absolute atomic E-state index is 14.0. The number of alkyl halides is 3. The molecule has 1 saturated heterocycles. The van der Waals surface area contributed by atoms with Crippen molar-refractivity contribution in [3.05, 3.63) is 34.6 Å². The SMILES string of the molecule is Cc1cc(C)c(C2CCC(C(F)(F)F)CN2)c(F)c1. The molecule has 0 aromatic heterocycles. The lowest BCUT2D eigenvalue weighted by molar-refractivity contribution is -0.179. The van der Waals surface area contributed by atoms with Crippen LogP contribution in [0.4, 0.5) is 17.6 Å². The second kappa shape index (κ2) is 5.12. The van der Waals surface area contributed by atoms with Gasteiger partial charge in [0, 0.05) is 18.2 Å². The molecule has 1 N–H and O–H groups in total. The molecule has 0 radical (unpaired) electrons. The Morgan fingerprint density at radius 1 is 1.16 bits per heavy atom. The Morgan fingerprint density at radius 3 is 2.32 bits per heavy atom. The molecular weight excluding hydrogens is 258 g/mol. The Balaban J connectivity index is 2.14. The van der Waals surface area contributed by atoms with Gasteiger partial charge in [0.25, 0.3) is 0 Å². The number of rotatable bonds is 1. The van der Waals surface area contributed by atoms with Crippen molar-refractivity contribution >= 4 is 0 Å². The topological polar surface area (TPSA) is 12.0 Å². The maximum atomic E-state index is 14.0. The van der Waals surface area contributed by atoms with Crippen molar-refractivity contribution in [3.63, 3.8) is 0 Å². The first kappa shape index (κ1) is 14.3. The third kappa shape index (κ3) is 3.08. The van der Waals surface area contributed by atoms with Crippen LogP contribution in [0, 0.1) is 25.6 Å². The molecule has 0 amide bonds.